The summed E-state index contributed by atoms with van der Waals surface area (Å²) in [5.41, 5.74) is 2.62. The minimum absolute atomic E-state index is 0.173. The summed E-state index contributed by atoms with van der Waals surface area (Å²) in [6, 6.07) is 0.173. The van der Waals surface area contributed by atoms with E-state index in [0.29, 0.717) is 12.8 Å². The molecule has 0 aromatic carbocycles. The third-order valence-electron chi connectivity index (χ3n) is 4.88. The van der Waals surface area contributed by atoms with Crippen molar-refractivity contribution in [3.63, 3.8) is 0 Å². The summed E-state index contributed by atoms with van der Waals surface area (Å²) in [7, 11) is 0. The fourth-order valence-electron chi connectivity index (χ4n) is 3.35. The van der Waals surface area contributed by atoms with E-state index in [9.17, 15) is 9.90 Å². The molecule has 1 saturated carbocycles. The fourth-order valence-corrected chi connectivity index (χ4v) is 3.35. The van der Waals surface area contributed by atoms with Gasteiger partial charge >= 0.3 is 5.97 Å². The molecule has 1 heterocycles. The number of nitrogens with zero attached hydrogens (tertiary/aromatic N) is 2. The van der Waals surface area contributed by atoms with Crippen LogP contribution >= 0.6 is 0 Å². The van der Waals surface area contributed by atoms with Gasteiger partial charge in [0.15, 0.2) is 0 Å². The Kier molecular flexibility index (Phi) is 4.71. The van der Waals surface area contributed by atoms with Gasteiger partial charge in [-0.15, -0.1) is 0 Å². The van der Waals surface area contributed by atoms with E-state index in [-0.39, 0.29) is 6.04 Å². The largest absolute Gasteiger partial charge is 0.480 e. The maximum Gasteiger partial charge on any atom is 0.323 e. The normalized spacial score (nSPS) is 26.0. The monoisotopic (exact) mass is 293 g/mol. The summed E-state index contributed by atoms with van der Waals surface area (Å²) in [4.78, 5) is 11.8. The van der Waals surface area contributed by atoms with Crippen LogP contribution < -0.4 is 5.32 Å². The first-order valence-electron chi connectivity index (χ1n) is 7.92. The number of carboxylic acid groups (broad SMARTS) is 1. The average Bonchev–Trinajstić information content (AvgIpc) is 2.73. The first kappa shape index (κ1) is 16.0. The van der Waals surface area contributed by atoms with Crippen molar-refractivity contribution in [2.75, 3.05) is 6.54 Å². The average molecular weight is 293 g/mol. The minimum atomic E-state index is -0.793. The van der Waals surface area contributed by atoms with Crippen LogP contribution in [0, 0.1) is 20.8 Å². The predicted octanol–water partition coefficient (Wildman–Crippen LogP) is 2.75. The molecule has 0 aliphatic heterocycles. The summed E-state index contributed by atoms with van der Waals surface area (Å²) in [5, 5.41) is 17.6. The van der Waals surface area contributed by atoms with E-state index < -0.39 is 11.5 Å². The highest BCUT2D eigenvalue weighted by molar-refractivity contribution is 5.79. The Hall–Kier alpha value is -1.36. The topological polar surface area (TPSA) is 67.2 Å². The van der Waals surface area contributed by atoms with Gasteiger partial charge in [0.1, 0.15) is 5.54 Å². The molecule has 0 saturated heterocycles. The van der Waals surface area contributed by atoms with Gasteiger partial charge in [-0.1, -0.05) is 6.92 Å². The van der Waals surface area contributed by atoms with Crippen LogP contribution in [0.1, 0.15) is 62.0 Å². The van der Waals surface area contributed by atoms with Crippen molar-refractivity contribution in [1.29, 1.82) is 0 Å². The third kappa shape index (κ3) is 2.98. The van der Waals surface area contributed by atoms with Gasteiger partial charge in [-0.25, -0.2) is 0 Å². The fraction of sp³-hybridized carbons (Fsp3) is 0.750. The van der Waals surface area contributed by atoms with Gasteiger partial charge in [0.25, 0.3) is 0 Å². The van der Waals surface area contributed by atoms with Crippen LogP contribution in [0.25, 0.3) is 0 Å². The van der Waals surface area contributed by atoms with Gasteiger partial charge in [0.2, 0.25) is 0 Å². The summed E-state index contributed by atoms with van der Waals surface area (Å²) < 4.78 is 2.05. The van der Waals surface area contributed by atoms with Gasteiger partial charge in [-0.05, 0) is 65.0 Å². The summed E-state index contributed by atoms with van der Waals surface area (Å²) in [6.07, 6.45) is 4.19. The molecule has 1 aliphatic carbocycles. The molecule has 0 spiro atoms. The van der Waals surface area contributed by atoms with Gasteiger partial charge in [0.05, 0.1) is 11.7 Å². The van der Waals surface area contributed by atoms with E-state index in [2.05, 4.69) is 35.9 Å². The van der Waals surface area contributed by atoms with E-state index in [4.69, 9.17) is 0 Å². The third-order valence-corrected chi connectivity index (χ3v) is 4.88. The SMILES string of the molecule is CCCNC1(C(=O)O)CCCC(n2nc(C)c(C)c2C)C1. The van der Waals surface area contributed by atoms with E-state index in [1.165, 1.54) is 5.56 Å². The number of carbonyl (C=O) groups is 1. The molecule has 5 heteroatoms. The van der Waals surface area contributed by atoms with Crippen LogP contribution in [-0.2, 0) is 4.79 Å². The van der Waals surface area contributed by atoms with E-state index in [0.717, 1.165) is 37.2 Å². The van der Waals surface area contributed by atoms with Gasteiger partial charge in [0, 0.05) is 5.69 Å². The Morgan fingerprint density at radius 2 is 2.19 bits per heavy atom. The molecular weight excluding hydrogens is 266 g/mol. The first-order valence-corrected chi connectivity index (χ1v) is 7.92. The summed E-state index contributed by atoms with van der Waals surface area (Å²) >= 11 is 0. The van der Waals surface area contributed by atoms with E-state index in [1.807, 2.05) is 6.92 Å². The second-order valence-corrected chi connectivity index (χ2v) is 6.30. The van der Waals surface area contributed by atoms with Crippen LogP contribution in [0.4, 0.5) is 0 Å². The summed E-state index contributed by atoms with van der Waals surface area (Å²) in [6.45, 7) is 8.98. The first-order chi connectivity index (χ1) is 9.91. The number of nitrogens with one attached hydrogen (secondary N) is 1. The van der Waals surface area contributed by atoms with Gasteiger partial charge in [-0.3, -0.25) is 9.48 Å². The molecule has 1 aromatic heterocycles. The smallest absolute Gasteiger partial charge is 0.323 e. The number of aryl methyl sites for hydroxylation is 1. The second-order valence-electron chi connectivity index (χ2n) is 6.30. The van der Waals surface area contributed by atoms with Crippen LogP contribution in [0.15, 0.2) is 0 Å². The van der Waals surface area contributed by atoms with Gasteiger partial charge in [-0.2, -0.15) is 5.10 Å². The lowest BCUT2D eigenvalue weighted by molar-refractivity contribution is -0.147. The highest BCUT2D eigenvalue weighted by atomic mass is 16.4. The van der Waals surface area contributed by atoms with Crippen molar-refractivity contribution in [3.05, 3.63) is 17.0 Å². The van der Waals surface area contributed by atoms with Crippen molar-refractivity contribution < 1.29 is 9.90 Å². The predicted molar refractivity (Wildman–Crippen MR) is 82.6 cm³/mol. The van der Waals surface area contributed by atoms with Crippen LogP contribution in [0.2, 0.25) is 0 Å². The molecular formula is C16H27N3O2. The molecule has 0 radical (unpaired) electrons. The number of aromatic nitrogens is 2. The van der Waals surface area contributed by atoms with Crippen molar-refractivity contribution in [1.82, 2.24) is 15.1 Å². The molecule has 2 rings (SSSR count). The zero-order valence-electron chi connectivity index (χ0n) is 13.6. The molecule has 5 nitrogen and oxygen atoms in total. The van der Waals surface area contributed by atoms with Crippen molar-refractivity contribution in [3.8, 4) is 0 Å². The van der Waals surface area contributed by atoms with Crippen molar-refractivity contribution in [2.45, 2.75) is 71.4 Å². The Morgan fingerprint density at radius 1 is 1.48 bits per heavy atom. The molecule has 0 amide bonds. The lowest BCUT2D eigenvalue weighted by atomic mass is 9.78. The van der Waals surface area contributed by atoms with Crippen LogP contribution in [0.5, 0.6) is 0 Å². The Morgan fingerprint density at radius 3 is 2.71 bits per heavy atom. The summed E-state index contributed by atoms with van der Waals surface area (Å²) in [5.74, 6) is -0.723. The number of carboxylic acids is 1. The standard InChI is InChI=1S/C16H27N3O2/c1-5-9-17-16(15(20)21)8-6-7-14(10-16)19-13(4)11(2)12(3)18-19/h14,17H,5-10H2,1-4H3,(H,20,21). The number of rotatable bonds is 5. The number of hydrogen-bond donors (Lipinski definition) is 2. The number of aliphatic carboxylic acids is 1. The van der Waals surface area contributed by atoms with Crippen LogP contribution in [0.3, 0.4) is 0 Å². The van der Waals surface area contributed by atoms with E-state index in [1.54, 1.807) is 0 Å². The highest BCUT2D eigenvalue weighted by Gasteiger charge is 2.43. The van der Waals surface area contributed by atoms with Crippen molar-refractivity contribution >= 4 is 5.97 Å². The Bertz CT molecular complexity index is 524. The molecule has 1 aliphatic rings. The molecule has 1 fully saturated rings. The van der Waals surface area contributed by atoms with E-state index >= 15 is 0 Å². The lowest BCUT2D eigenvalue weighted by Gasteiger charge is -2.38. The Labute approximate surface area is 126 Å². The second kappa shape index (κ2) is 6.18. The minimum Gasteiger partial charge on any atom is -0.480 e. The molecule has 1 aromatic rings. The molecule has 2 unspecified atom stereocenters. The molecule has 21 heavy (non-hydrogen) atoms. The number of hydrogen-bond acceptors (Lipinski definition) is 3. The Balaban J connectivity index is 2.26. The molecule has 0 bridgehead atoms. The maximum atomic E-state index is 11.8. The van der Waals surface area contributed by atoms with Gasteiger partial charge < -0.3 is 10.4 Å². The quantitative estimate of drug-likeness (QED) is 0.876. The lowest BCUT2D eigenvalue weighted by Crippen LogP contribution is -2.55. The maximum absolute atomic E-state index is 11.8. The molecule has 2 atom stereocenters. The zero-order chi connectivity index (χ0) is 15.6. The zero-order valence-corrected chi connectivity index (χ0v) is 13.6. The van der Waals surface area contributed by atoms with Crippen LogP contribution in [-0.4, -0.2) is 32.9 Å². The molecule has 2 N–H and O–H groups in total. The molecule has 118 valence electrons. The van der Waals surface area contributed by atoms with Crippen molar-refractivity contribution in [2.24, 2.45) is 0 Å². The highest BCUT2D eigenvalue weighted by Crippen LogP contribution is 2.36.